The van der Waals surface area contributed by atoms with E-state index in [2.05, 4.69) is 36.5 Å². The van der Waals surface area contributed by atoms with E-state index in [1.807, 2.05) is 0 Å². The number of halogens is 2. The van der Waals surface area contributed by atoms with E-state index in [9.17, 15) is 9.18 Å². The Kier molecular flexibility index (Phi) is 4.01. The van der Waals surface area contributed by atoms with Crippen LogP contribution in [0, 0.1) is 5.82 Å². The molecule has 0 saturated carbocycles. The average Bonchev–Trinajstić information content (AvgIpc) is 3.10. The first-order chi connectivity index (χ1) is 10.6. The first kappa shape index (κ1) is 14.5. The molecular formula is C14H11BrFN5O. The molecule has 2 N–H and O–H groups in total. The monoisotopic (exact) mass is 363 g/mol. The van der Waals surface area contributed by atoms with E-state index in [4.69, 9.17) is 0 Å². The lowest BCUT2D eigenvalue weighted by Crippen LogP contribution is -2.14. The molecule has 0 spiro atoms. The largest absolute Gasteiger partial charge is 0.304 e. The quantitative estimate of drug-likeness (QED) is 0.748. The molecule has 3 aromatic rings. The van der Waals surface area contributed by atoms with Crippen molar-refractivity contribution in [2.75, 3.05) is 5.32 Å². The molecule has 0 fully saturated rings. The maximum Gasteiger partial charge on any atom is 0.276 e. The number of carbonyl (C=O) groups is 1. The number of nitrogens with zero attached hydrogens (tertiary/aromatic N) is 3. The smallest absolute Gasteiger partial charge is 0.276 e. The first-order valence-corrected chi connectivity index (χ1v) is 7.19. The number of hydrogen-bond donors (Lipinski definition) is 2. The van der Waals surface area contributed by atoms with Crippen LogP contribution in [0.25, 0.3) is 0 Å². The summed E-state index contributed by atoms with van der Waals surface area (Å²) in [6.07, 6.45) is 3.24. The summed E-state index contributed by atoms with van der Waals surface area (Å²) in [5.41, 5.74) is 1.24. The van der Waals surface area contributed by atoms with Crippen LogP contribution in [0.15, 0.2) is 47.2 Å². The summed E-state index contributed by atoms with van der Waals surface area (Å²) in [4.78, 5) is 12.0. The van der Waals surface area contributed by atoms with Gasteiger partial charge in [-0.3, -0.25) is 14.6 Å². The van der Waals surface area contributed by atoms with Crippen molar-refractivity contribution in [3.8, 4) is 0 Å². The number of H-pyrrole nitrogens is 1. The van der Waals surface area contributed by atoms with Gasteiger partial charge in [0.25, 0.3) is 5.91 Å². The number of nitrogens with one attached hydrogen (secondary N) is 2. The highest BCUT2D eigenvalue weighted by molar-refractivity contribution is 9.10. The highest BCUT2D eigenvalue weighted by Crippen LogP contribution is 2.14. The van der Waals surface area contributed by atoms with Crippen LogP contribution in [0.5, 0.6) is 0 Å². The predicted molar refractivity (Wildman–Crippen MR) is 82.0 cm³/mol. The van der Waals surface area contributed by atoms with Crippen LogP contribution in [0.2, 0.25) is 0 Å². The minimum Gasteiger partial charge on any atom is -0.304 e. The maximum absolute atomic E-state index is 12.9. The zero-order valence-electron chi connectivity index (χ0n) is 11.3. The average molecular weight is 364 g/mol. The Balaban J connectivity index is 1.67. The van der Waals surface area contributed by atoms with Gasteiger partial charge in [0.05, 0.1) is 17.2 Å². The number of anilines is 1. The Morgan fingerprint density at radius 2 is 2.09 bits per heavy atom. The molecule has 3 rings (SSSR count). The first-order valence-electron chi connectivity index (χ1n) is 6.40. The van der Waals surface area contributed by atoms with Crippen LogP contribution in [-0.4, -0.2) is 25.9 Å². The highest BCUT2D eigenvalue weighted by atomic mass is 79.9. The lowest BCUT2D eigenvalue weighted by atomic mass is 10.2. The number of carbonyl (C=O) groups excluding carboxylic acids is 1. The molecule has 0 aliphatic rings. The fourth-order valence-corrected chi connectivity index (χ4v) is 2.27. The molecular weight excluding hydrogens is 353 g/mol. The Hall–Kier alpha value is -2.48. The molecule has 1 amide bonds. The van der Waals surface area contributed by atoms with Crippen molar-refractivity contribution in [1.29, 1.82) is 0 Å². The van der Waals surface area contributed by atoms with E-state index >= 15 is 0 Å². The van der Waals surface area contributed by atoms with Gasteiger partial charge in [-0.05, 0) is 33.6 Å². The molecule has 0 saturated heterocycles. The summed E-state index contributed by atoms with van der Waals surface area (Å²) < 4.78 is 15.1. The van der Waals surface area contributed by atoms with E-state index in [1.165, 1.54) is 18.3 Å². The van der Waals surface area contributed by atoms with Crippen molar-refractivity contribution < 1.29 is 9.18 Å². The van der Waals surface area contributed by atoms with E-state index < -0.39 is 0 Å². The van der Waals surface area contributed by atoms with Gasteiger partial charge < -0.3 is 5.32 Å². The molecule has 0 radical (unpaired) electrons. The number of aromatic amines is 1. The molecule has 1 aromatic carbocycles. The van der Waals surface area contributed by atoms with Gasteiger partial charge in [0.15, 0.2) is 5.82 Å². The molecule has 0 bridgehead atoms. The van der Waals surface area contributed by atoms with E-state index in [-0.39, 0.29) is 11.7 Å². The number of benzene rings is 1. The minimum atomic E-state index is -0.337. The maximum atomic E-state index is 12.9. The van der Waals surface area contributed by atoms with Gasteiger partial charge in [-0.2, -0.15) is 10.2 Å². The van der Waals surface area contributed by atoms with Crippen molar-refractivity contribution >= 4 is 27.7 Å². The van der Waals surface area contributed by atoms with E-state index in [1.54, 1.807) is 29.1 Å². The number of aromatic nitrogens is 4. The van der Waals surface area contributed by atoms with Gasteiger partial charge in [0.1, 0.15) is 11.5 Å². The molecule has 8 heteroatoms. The molecule has 0 aliphatic heterocycles. The second kappa shape index (κ2) is 6.10. The standard InChI is InChI=1S/C14H11BrFN5O/c15-11-7-17-19-13(11)14(22)18-12-5-6-21(20-12)8-9-1-3-10(16)4-2-9/h1-7H,8H2,(H,17,19)(H,18,20,22). The van der Waals surface area contributed by atoms with Crippen LogP contribution in [0.4, 0.5) is 10.2 Å². The van der Waals surface area contributed by atoms with Gasteiger partial charge in [-0.25, -0.2) is 4.39 Å². The molecule has 2 heterocycles. The minimum absolute atomic E-state index is 0.276. The summed E-state index contributed by atoms with van der Waals surface area (Å²) in [5.74, 6) is -0.188. The van der Waals surface area contributed by atoms with Crippen molar-refractivity contribution in [3.05, 3.63) is 64.3 Å². The van der Waals surface area contributed by atoms with Crippen LogP contribution < -0.4 is 5.32 Å². The van der Waals surface area contributed by atoms with Gasteiger partial charge >= 0.3 is 0 Å². The summed E-state index contributed by atoms with van der Waals surface area (Å²) >= 11 is 3.22. The van der Waals surface area contributed by atoms with Crippen molar-refractivity contribution in [2.24, 2.45) is 0 Å². The molecule has 0 atom stereocenters. The molecule has 0 unspecified atom stereocenters. The predicted octanol–water partition coefficient (Wildman–Crippen LogP) is 2.81. The summed E-state index contributed by atoms with van der Waals surface area (Å²) in [6, 6.07) is 7.87. The third kappa shape index (κ3) is 3.22. The lowest BCUT2D eigenvalue weighted by molar-refractivity contribution is 0.102. The Bertz CT molecular complexity index is 796. The van der Waals surface area contributed by atoms with Gasteiger partial charge in [0.2, 0.25) is 0 Å². The SMILES string of the molecule is O=C(Nc1ccn(Cc2ccc(F)cc2)n1)c1[nH]ncc1Br. The Morgan fingerprint density at radius 1 is 1.32 bits per heavy atom. The van der Waals surface area contributed by atoms with Crippen LogP contribution in [0.1, 0.15) is 16.1 Å². The zero-order valence-corrected chi connectivity index (χ0v) is 12.8. The fourth-order valence-electron chi connectivity index (χ4n) is 1.90. The normalized spacial score (nSPS) is 10.6. The van der Waals surface area contributed by atoms with Crippen molar-refractivity contribution in [2.45, 2.75) is 6.54 Å². The number of hydrogen-bond acceptors (Lipinski definition) is 3. The third-order valence-corrected chi connectivity index (χ3v) is 3.56. The lowest BCUT2D eigenvalue weighted by Gasteiger charge is -2.02. The third-order valence-electron chi connectivity index (χ3n) is 2.96. The second-order valence-electron chi connectivity index (χ2n) is 4.57. The molecule has 2 aromatic heterocycles. The molecule has 112 valence electrons. The number of rotatable bonds is 4. The highest BCUT2D eigenvalue weighted by Gasteiger charge is 2.13. The van der Waals surface area contributed by atoms with E-state index in [0.717, 1.165) is 5.56 Å². The Labute approximate surface area is 133 Å². The number of amides is 1. The summed E-state index contributed by atoms with van der Waals surface area (Å²) in [6.45, 7) is 0.490. The summed E-state index contributed by atoms with van der Waals surface area (Å²) in [5, 5.41) is 13.3. The Morgan fingerprint density at radius 3 is 2.77 bits per heavy atom. The fraction of sp³-hybridized carbons (Fsp3) is 0.0714. The molecule has 0 aliphatic carbocycles. The molecule has 6 nitrogen and oxygen atoms in total. The zero-order chi connectivity index (χ0) is 15.5. The van der Waals surface area contributed by atoms with Crippen LogP contribution >= 0.6 is 15.9 Å². The van der Waals surface area contributed by atoms with Gasteiger partial charge in [-0.1, -0.05) is 12.1 Å². The molecule has 22 heavy (non-hydrogen) atoms. The van der Waals surface area contributed by atoms with Gasteiger partial charge in [0, 0.05) is 12.3 Å². The van der Waals surface area contributed by atoms with Crippen molar-refractivity contribution in [1.82, 2.24) is 20.0 Å². The van der Waals surface area contributed by atoms with E-state index in [0.29, 0.717) is 22.5 Å². The van der Waals surface area contributed by atoms with Crippen LogP contribution in [-0.2, 0) is 6.54 Å². The second-order valence-corrected chi connectivity index (χ2v) is 5.43. The van der Waals surface area contributed by atoms with Crippen LogP contribution in [0.3, 0.4) is 0 Å². The summed E-state index contributed by atoms with van der Waals surface area (Å²) in [7, 11) is 0. The van der Waals surface area contributed by atoms with Gasteiger partial charge in [-0.15, -0.1) is 0 Å². The topological polar surface area (TPSA) is 75.6 Å². The van der Waals surface area contributed by atoms with Crippen molar-refractivity contribution in [3.63, 3.8) is 0 Å².